The third-order valence-electron chi connectivity index (χ3n) is 3.03. The van der Waals surface area contributed by atoms with Gasteiger partial charge in [-0.05, 0) is 24.6 Å². The van der Waals surface area contributed by atoms with Gasteiger partial charge in [-0.2, -0.15) is 10.2 Å². The molecule has 2 aromatic rings. The molecule has 0 amide bonds. The van der Waals surface area contributed by atoms with E-state index in [1.54, 1.807) is 18.2 Å². The second-order valence-corrected chi connectivity index (χ2v) is 4.63. The molecule has 0 spiro atoms. The molecule has 1 heterocycles. The van der Waals surface area contributed by atoms with Crippen LogP contribution >= 0.6 is 0 Å². The van der Waals surface area contributed by atoms with Crippen LogP contribution in [0.3, 0.4) is 0 Å². The maximum Gasteiger partial charge on any atom is 0.222 e. The van der Waals surface area contributed by atoms with Gasteiger partial charge in [0, 0.05) is 11.1 Å². The second-order valence-electron chi connectivity index (χ2n) is 4.63. The fraction of sp³-hybridized carbons (Fsp3) is 0.267. The number of aliphatic hydroxyl groups excluding tert-OH is 1. The number of nitrogens with two attached hydrogens (primary N) is 2. The fourth-order valence-electron chi connectivity index (χ4n) is 2.02. The van der Waals surface area contributed by atoms with E-state index in [0.29, 0.717) is 29.2 Å². The molecule has 114 valence electrons. The molecule has 22 heavy (non-hydrogen) atoms. The largest absolute Gasteiger partial charge is 0.493 e. The van der Waals surface area contributed by atoms with E-state index in [2.05, 4.69) is 9.97 Å². The maximum atomic E-state index is 9.50. The Bertz CT molecular complexity index is 725. The molecule has 0 radical (unpaired) electrons. The van der Waals surface area contributed by atoms with Crippen LogP contribution in [0.15, 0.2) is 18.2 Å². The first-order valence-electron chi connectivity index (χ1n) is 6.80. The van der Waals surface area contributed by atoms with Crippen molar-refractivity contribution in [1.29, 1.82) is 5.26 Å². The number of aromatic nitrogens is 2. The lowest BCUT2D eigenvalue weighted by molar-refractivity contribution is 0.263. The van der Waals surface area contributed by atoms with Crippen LogP contribution in [0.1, 0.15) is 24.5 Å². The Morgan fingerprint density at radius 3 is 2.73 bits per heavy atom. The lowest BCUT2D eigenvalue weighted by Gasteiger charge is -2.12. The van der Waals surface area contributed by atoms with Crippen molar-refractivity contribution in [3.8, 4) is 23.1 Å². The number of nitrogen functional groups attached to an aromatic ring is 2. The van der Waals surface area contributed by atoms with E-state index in [1.807, 2.05) is 13.0 Å². The Morgan fingerprint density at radius 2 is 2.09 bits per heavy atom. The van der Waals surface area contributed by atoms with Crippen molar-refractivity contribution in [2.45, 2.75) is 20.0 Å². The molecule has 2 rings (SSSR count). The molecule has 1 aromatic heterocycles. The molecule has 0 aliphatic heterocycles. The quantitative estimate of drug-likeness (QED) is 0.761. The number of hydrogen-bond acceptors (Lipinski definition) is 7. The molecule has 1 aromatic carbocycles. The zero-order chi connectivity index (χ0) is 16.1. The van der Waals surface area contributed by atoms with Gasteiger partial charge in [-0.1, -0.05) is 6.92 Å². The minimum Gasteiger partial charge on any atom is -0.493 e. The minimum atomic E-state index is -0.190. The molecule has 0 saturated carbocycles. The molecule has 0 saturated heterocycles. The first kappa shape index (κ1) is 15.5. The molecule has 0 atom stereocenters. The minimum absolute atomic E-state index is 0.0108. The third-order valence-corrected chi connectivity index (χ3v) is 3.03. The van der Waals surface area contributed by atoms with E-state index < -0.39 is 0 Å². The maximum absolute atomic E-state index is 9.50. The van der Waals surface area contributed by atoms with Crippen LogP contribution in [0.2, 0.25) is 0 Å². The zero-order valence-corrected chi connectivity index (χ0v) is 12.2. The average molecular weight is 299 g/mol. The van der Waals surface area contributed by atoms with E-state index in [9.17, 15) is 10.4 Å². The van der Waals surface area contributed by atoms with E-state index in [4.69, 9.17) is 16.2 Å². The Balaban J connectivity index is 2.52. The summed E-state index contributed by atoms with van der Waals surface area (Å²) in [5, 5.41) is 18.7. The summed E-state index contributed by atoms with van der Waals surface area (Å²) < 4.78 is 5.56. The van der Waals surface area contributed by atoms with Gasteiger partial charge in [0.25, 0.3) is 0 Å². The highest BCUT2D eigenvalue weighted by molar-refractivity contribution is 5.74. The standard InChI is InChI=1S/C15H17N5O2/c1-2-5-22-12-4-3-9(6-10(12)8-21)13-11(7-16)14(17)20-15(18)19-13/h3-4,6,21H,2,5,8H2,1H3,(H4,17,18,19,20). The smallest absolute Gasteiger partial charge is 0.222 e. The molecule has 5 N–H and O–H groups in total. The SMILES string of the molecule is CCCOc1ccc(-c2nc(N)nc(N)c2C#N)cc1CO. The summed E-state index contributed by atoms with van der Waals surface area (Å²) >= 11 is 0. The van der Waals surface area contributed by atoms with Crippen LogP contribution in [-0.2, 0) is 6.61 Å². The highest BCUT2D eigenvalue weighted by atomic mass is 16.5. The van der Waals surface area contributed by atoms with Gasteiger partial charge in [-0.25, -0.2) is 4.98 Å². The summed E-state index contributed by atoms with van der Waals surface area (Å²) in [6, 6.07) is 7.15. The molecular weight excluding hydrogens is 282 g/mol. The number of aliphatic hydroxyl groups is 1. The predicted molar refractivity (Wildman–Crippen MR) is 82.7 cm³/mol. The Labute approximate surface area is 128 Å². The topological polar surface area (TPSA) is 131 Å². The number of anilines is 2. The molecular formula is C15H17N5O2. The summed E-state index contributed by atoms with van der Waals surface area (Å²) in [5.41, 5.74) is 13.0. The summed E-state index contributed by atoms with van der Waals surface area (Å²) in [4.78, 5) is 7.86. The van der Waals surface area contributed by atoms with Crippen LogP contribution in [0, 0.1) is 11.3 Å². The van der Waals surface area contributed by atoms with Crippen LogP contribution in [-0.4, -0.2) is 21.7 Å². The van der Waals surface area contributed by atoms with Crippen molar-refractivity contribution >= 4 is 11.8 Å². The van der Waals surface area contributed by atoms with Crippen LogP contribution in [0.5, 0.6) is 5.75 Å². The highest BCUT2D eigenvalue weighted by Crippen LogP contribution is 2.29. The van der Waals surface area contributed by atoms with Gasteiger partial charge in [0.1, 0.15) is 23.2 Å². The van der Waals surface area contributed by atoms with Crippen molar-refractivity contribution < 1.29 is 9.84 Å². The number of benzene rings is 1. The lowest BCUT2D eigenvalue weighted by Crippen LogP contribution is -2.05. The first-order valence-corrected chi connectivity index (χ1v) is 6.80. The van der Waals surface area contributed by atoms with Crippen molar-refractivity contribution in [2.75, 3.05) is 18.1 Å². The molecule has 0 aliphatic carbocycles. The number of ether oxygens (including phenoxy) is 1. The lowest BCUT2D eigenvalue weighted by atomic mass is 10.0. The zero-order valence-electron chi connectivity index (χ0n) is 12.2. The van der Waals surface area contributed by atoms with Crippen molar-refractivity contribution in [2.24, 2.45) is 0 Å². The van der Waals surface area contributed by atoms with Crippen molar-refractivity contribution in [1.82, 2.24) is 9.97 Å². The van der Waals surface area contributed by atoms with Crippen molar-refractivity contribution in [3.63, 3.8) is 0 Å². The average Bonchev–Trinajstić information content (AvgIpc) is 2.52. The van der Waals surface area contributed by atoms with E-state index in [-0.39, 0.29) is 23.9 Å². The fourth-order valence-corrected chi connectivity index (χ4v) is 2.02. The van der Waals surface area contributed by atoms with Crippen LogP contribution < -0.4 is 16.2 Å². The number of hydrogen-bond donors (Lipinski definition) is 3. The third kappa shape index (κ3) is 3.07. The molecule has 7 nitrogen and oxygen atoms in total. The van der Waals surface area contributed by atoms with Gasteiger partial charge in [0.05, 0.1) is 18.9 Å². The van der Waals surface area contributed by atoms with Gasteiger partial charge in [0.2, 0.25) is 5.95 Å². The van der Waals surface area contributed by atoms with E-state index in [0.717, 1.165) is 6.42 Å². The Morgan fingerprint density at radius 1 is 1.32 bits per heavy atom. The number of nitrogens with zero attached hydrogens (tertiary/aromatic N) is 3. The second kappa shape index (κ2) is 6.74. The summed E-state index contributed by atoms with van der Waals surface area (Å²) in [7, 11) is 0. The number of nitriles is 1. The van der Waals surface area contributed by atoms with Crippen LogP contribution in [0.25, 0.3) is 11.3 Å². The van der Waals surface area contributed by atoms with Gasteiger partial charge < -0.3 is 21.3 Å². The predicted octanol–water partition coefficient (Wildman–Crippen LogP) is 1.46. The molecule has 0 bridgehead atoms. The Kier molecular flexibility index (Phi) is 4.76. The molecule has 0 unspecified atom stereocenters. The summed E-state index contributed by atoms with van der Waals surface area (Å²) in [5.74, 6) is 0.617. The van der Waals surface area contributed by atoms with Gasteiger partial charge >= 0.3 is 0 Å². The first-order chi connectivity index (χ1) is 10.6. The Hall–Kier alpha value is -2.85. The van der Waals surface area contributed by atoms with E-state index >= 15 is 0 Å². The van der Waals surface area contributed by atoms with Gasteiger partial charge in [-0.3, -0.25) is 0 Å². The number of rotatable bonds is 5. The van der Waals surface area contributed by atoms with Crippen LogP contribution in [0.4, 0.5) is 11.8 Å². The van der Waals surface area contributed by atoms with E-state index in [1.165, 1.54) is 0 Å². The summed E-state index contributed by atoms with van der Waals surface area (Å²) in [6.07, 6.45) is 0.865. The molecule has 0 aliphatic rings. The van der Waals surface area contributed by atoms with Gasteiger partial charge in [0.15, 0.2) is 0 Å². The molecule has 0 fully saturated rings. The monoisotopic (exact) mass is 299 g/mol. The molecule has 7 heteroatoms. The summed E-state index contributed by atoms with van der Waals surface area (Å²) in [6.45, 7) is 2.37. The highest BCUT2D eigenvalue weighted by Gasteiger charge is 2.15. The normalized spacial score (nSPS) is 10.2. The van der Waals surface area contributed by atoms with Gasteiger partial charge in [-0.15, -0.1) is 0 Å². The van der Waals surface area contributed by atoms with Crippen molar-refractivity contribution in [3.05, 3.63) is 29.3 Å².